The van der Waals surface area contributed by atoms with E-state index in [0.717, 1.165) is 16.0 Å². The number of anilines is 2. The number of imide groups is 1. The van der Waals surface area contributed by atoms with Crippen LogP contribution in [0, 0.1) is 17.8 Å². The van der Waals surface area contributed by atoms with Gasteiger partial charge in [-0.05, 0) is 95.4 Å². The lowest BCUT2D eigenvalue weighted by molar-refractivity contribution is -0.179. The highest BCUT2D eigenvalue weighted by Gasteiger charge is 2.76. The van der Waals surface area contributed by atoms with Gasteiger partial charge in [-0.25, -0.2) is 19.7 Å². The van der Waals surface area contributed by atoms with E-state index in [9.17, 15) is 5.11 Å². The fourth-order valence-electron chi connectivity index (χ4n) is 11.6. The zero-order valence-electron chi connectivity index (χ0n) is 41.9. The second-order valence-electron chi connectivity index (χ2n) is 19.2. The normalized spacial score (nSPS) is 22.2. The molecule has 6 aromatic carbocycles. The van der Waals surface area contributed by atoms with Gasteiger partial charge in [-0.2, -0.15) is 0 Å². The van der Waals surface area contributed by atoms with Gasteiger partial charge in [0.2, 0.25) is 17.8 Å². The molecule has 1 spiro atoms. The van der Waals surface area contributed by atoms with Crippen molar-refractivity contribution in [1.82, 2.24) is 25.1 Å². The number of fused-ring (bicyclic) bond motifs is 3. The number of methoxy groups -OCH3 is 1. The van der Waals surface area contributed by atoms with E-state index in [1.807, 2.05) is 138 Å². The van der Waals surface area contributed by atoms with E-state index in [2.05, 4.69) is 27.1 Å². The smallest absolute Gasteiger partial charge is 0.329 e. The van der Waals surface area contributed by atoms with Crippen LogP contribution in [0.3, 0.4) is 0 Å². The minimum absolute atomic E-state index is 0.0205. The molecule has 11 rings (SSSR count). The highest BCUT2D eigenvalue weighted by Crippen LogP contribution is 2.66. The van der Waals surface area contributed by atoms with E-state index >= 15 is 19.2 Å². The van der Waals surface area contributed by atoms with Crippen LogP contribution in [0.15, 0.2) is 176 Å². The van der Waals surface area contributed by atoms with E-state index in [1.165, 1.54) is 0 Å². The number of benzene rings is 6. The molecular weight excluding hydrogens is 959 g/mol. The summed E-state index contributed by atoms with van der Waals surface area (Å²) in [6, 6.07) is 45.5. The number of cyclic esters (lactones) is 1. The highest BCUT2D eigenvalue weighted by atomic mass is 16.6. The molecule has 76 heavy (non-hydrogen) atoms. The molecule has 5 heterocycles. The van der Waals surface area contributed by atoms with Gasteiger partial charge in [0, 0.05) is 49.7 Å². The quantitative estimate of drug-likeness (QED) is 0.0958. The maximum atomic E-state index is 17.0. The van der Waals surface area contributed by atoms with E-state index < -0.39 is 65.4 Å². The predicted octanol–water partition coefficient (Wildman–Crippen LogP) is 7.74. The van der Waals surface area contributed by atoms with E-state index in [-0.39, 0.29) is 32.0 Å². The van der Waals surface area contributed by atoms with Gasteiger partial charge < -0.3 is 34.4 Å². The average Bonchev–Trinajstić information content (AvgIpc) is 4.10. The van der Waals surface area contributed by atoms with Crippen molar-refractivity contribution in [3.63, 3.8) is 0 Å². The number of morpholine rings is 1. The number of amides is 4. The lowest BCUT2D eigenvalue weighted by Crippen LogP contribution is -2.59. The fourth-order valence-corrected chi connectivity index (χ4v) is 11.6. The third-order valence-electron chi connectivity index (χ3n) is 15.0. The molecule has 7 atom stereocenters. The summed E-state index contributed by atoms with van der Waals surface area (Å²) in [5, 5.41) is 13.0. The molecular formula is C61H55N7O8. The molecule has 0 saturated carbocycles. The third-order valence-corrected chi connectivity index (χ3v) is 15.0. The Labute approximate surface area is 440 Å². The summed E-state index contributed by atoms with van der Waals surface area (Å²) in [5.41, 5.74) is 2.55. The monoisotopic (exact) mass is 1010 g/mol. The van der Waals surface area contributed by atoms with Crippen LogP contribution in [-0.4, -0.2) is 101 Å². The lowest BCUT2D eigenvalue weighted by atomic mass is 9.64. The summed E-state index contributed by atoms with van der Waals surface area (Å²) in [6.45, 7) is 2.72. The molecule has 15 nitrogen and oxygen atoms in total. The zero-order valence-corrected chi connectivity index (χ0v) is 41.9. The molecule has 4 aliphatic rings. The Hall–Kier alpha value is -8.84. The summed E-state index contributed by atoms with van der Waals surface area (Å²) < 4.78 is 18.2. The number of ether oxygens (including phenoxy) is 3. The van der Waals surface area contributed by atoms with Gasteiger partial charge in [0.15, 0.2) is 0 Å². The van der Waals surface area contributed by atoms with Crippen LogP contribution in [0.1, 0.15) is 70.1 Å². The van der Waals surface area contributed by atoms with Gasteiger partial charge in [0.1, 0.15) is 35.7 Å². The first kappa shape index (κ1) is 49.4. The minimum Gasteiger partial charge on any atom is -0.497 e. The summed E-state index contributed by atoms with van der Waals surface area (Å²) in [5.74, 6) is 4.80. The van der Waals surface area contributed by atoms with Gasteiger partial charge in [-0.15, -0.1) is 0 Å². The summed E-state index contributed by atoms with van der Waals surface area (Å²) >= 11 is 0. The minimum atomic E-state index is -2.03. The summed E-state index contributed by atoms with van der Waals surface area (Å²) in [6.07, 6.45) is 2.42. The van der Waals surface area contributed by atoms with E-state index in [4.69, 9.17) is 14.2 Å². The van der Waals surface area contributed by atoms with Crippen LogP contribution >= 0.6 is 0 Å². The van der Waals surface area contributed by atoms with Crippen LogP contribution in [0.4, 0.5) is 16.4 Å². The number of piperazine rings is 1. The number of nitrogens with zero attached hydrogens (tertiary/aromatic N) is 6. The maximum absolute atomic E-state index is 17.0. The number of aliphatic hydroxyl groups is 1. The van der Waals surface area contributed by atoms with Gasteiger partial charge in [0.05, 0.1) is 43.4 Å². The molecule has 3 fully saturated rings. The summed E-state index contributed by atoms with van der Waals surface area (Å²) in [4.78, 5) is 80.4. The average molecular weight is 1010 g/mol. The largest absolute Gasteiger partial charge is 0.497 e. The van der Waals surface area contributed by atoms with Crippen molar-refractivity contribution in [2.24, 2.45) is 5.92 Å². The van der Waals surface area contributed by atoms with Crippen molar-refractivity contribution < 1.29 is 38.5 Å². The maximum Gasteiger partial charge on any atom is 0.329 e. The van der Waals surface area contributed by atoms with Gasteiger partial charge >= 0.3 is 12.0 Å². The topological polar surface area (TPSA) is 167 Å². The molecule has 0 radical (unpaired) electrons. The Morgan fingerprint density at radius 3 is 2.07 bits per heavy atom. The van der Waals surface area contributed by atoms with Crippen molar-refractivity contribution in [2.75, 3.05) is 56.3 Å². The Bertz CT molecular complexity index is 3310. The number of carbonyl (C=O) groups is 4. The van der Waals surface area contributed by atoms with Crippen molar-refractivity contribution >= 4 is 35.5 Å². The molecule has 3 saturated heterocycles. The number of rotatable bonds is 11. The number of aromatic nitrogens is 2. The Kier molecular flexibility index (Phi) is 13.8. The first-order valence-electron chi connectivity index (χ1n) is 25.4. The van der Waals surface area contributed by atoms with Crippen molar-refractivity contribution in [3.05, 3.63) is 215 Å². The van der Waals surface area contributed by atoms with Crippen molar-refractivity contribution in [1.29, 1.82) is 0 Å². The second kappa shape index (κ2) is 21.2. The van der Waals surface area contributed by atoms with Crippen molar-refractivity contribution in [3.8, 4) is 23.3 Å². The number of carbonyl (C=O) groups excluding carboxylic acids is 4. The van der Waals surface area contributed by atoms with Crippen LogP contribution in [-0.2, 0) is 24.5 Å². The standard InChI is InChI=1S/C61H55N7O8/c1-40(43-14-6-3-7-15-43)64-60(73)67-50-29-26-42(23-22-41-24-27-47(74-2)28-25-41)38-49(50)61(58(67)72)51(56(70)65-32-34-66(35-33-65)59-62-30-13-31-63-59)53-57(71)76-54(45-18-10-5-11-19-45)52(44-16-8-4-9-17-44)68(53)55(61)46-20-12-21-48(39-46)75-37-36-69/h3-21,24-31,38-40,51-55,69H,32-37H2,1-2H3,(H,64,73)/t40-,51-,52-,53-,54+,55+,61-/m1/s1. The second-order valence-corrected chi connectivity index (χ2v) is 19.2. The Morgan fingerprint density at radius 2 is 1.38 bits per heavy atom. The molecule has 4 amide bonds. The predicted molar refractivity (Wildman–Crippen MR) is 284 cm³/mol. The number of hydrogen-bond donors (Lipinski definition) is 2. The zero-order chi connectivity index (χ0) is 52.3. The lowest BCUT2D eigenvalue weighted by Gasteiger charge is -2.46. The van der Waals surface area contributed by atoms with Crippen LogP contribution < -0.4 is 24.6 Å². The van der Waals surface area contributed by atoms with Crippen LogP contribution in [0.25, 0.3) is 0 Å². The third kappa shape index (κ3) is 8.95. The molecule has 4 aliphatic heterocycles. The van der Waals surface area contributed by atoms with Crippen LogP contribution in [0.5, 0.6) is 11.5 Å². The van der Waals surface area contributed by atoms with E-state index in [1.54, 1.807) is 66.9 Å². The van der Waals surface area contributed by atoms with Crippen molar-refractivity contribution in [2.45, 2.75) is 42.6 Å². The molecule has 15 heteroatoms. The first-order valence-corrected chi connectivity index (χ1v) is 25.4. The number of urea groups is 1. The number of esters is 1. The molecule has 0 bridgehead atoms. The SMILES string of the molecule is COc1ccc(C#Cc2ccc3c(c2)[C@]2(C(=O)N3C(=O)N[C@H](C)c3ccccc3)[C@H](c3cccc(OCCO)c3)N3[C@H](c4ccccc4)[C@H](c4ccccc4)OC(=O)[C@H]3[C@@H]2C(=O)N2CCN(c3ncccn3)CC2)cc1. The van der Waals surface area contributed by atoms with E-state index in [0.29, 0.717) is 58.4 Å². The first-order chi connectivity index (χ1) is 37.2. The molecule has 0 aliphatic carbocycles. The number of nitrogens with one attached hydrogen (secondary N) is 1. The molecule has 7 aromatic rings. The Balaban J connectivity index is 1.17. The Morgan fingerprint density at radius 1 is 0.737 bits per heavy atom. The summed E-state index contributed by atoms with van der Waals surface area (Å²) in [7, 11) is 1.59. The molecule has 0 unspecified atom stereocenters. The fraction of sp³-hybridized carbons (Fsp3) is 0.246. The van der Waals surface area contributed by atoms with Crippen LogP contribution in [0.2, 0.25) is 0 Å². The van der Waals surface area contributed by atoms with Gasteiger partial charge in [0.25, 0.3) is 0 Å². The highest BCUT2D eigenvalue weighted by molar-refractivity contribution is 6.24. The molecule has 1 aromatic heterocycles. The molecule has 382 valence electrons. The van der Waals surface area contributed by atoms with Gasteiger partial charge in [-0.3, -0.25) is 19.3 Å². The number of aliphatic hydroxyl groups excluding tert-OH is 1. The number of hydrogen-bond acceptors (Lipinski definition) is 12. The van der Waals surface area contributed by atoms with Gasteiger partial charge in [-0.1, -0.05) is 115 Å². The molecule has 2 N–H and O–H groups in total.